The van der Waals surface area contributed by atoms with Crippen molar-refractivity contribution in [2.45, 2.75) is 38.5 Å². The number of rotatable bonds is 5. The van der Waals surface area contributed by atoms with Crippen LogP contribution in [0, 0.1) is 5.92 Å². The highest BCUT2D eigenvalue weighted by atomic mass is 16.3. The van der Waals surface area contributed by atoms with Crippen LogP contribution < -0.4 is 0 Å². The molecule has 0 saturated carbocycles. The zero-order chi connectivity index (χ0) is 14.2. The molecule has 0 aromatic carbocycles. The Morgan fingerprint density at radius 2 is 2.10 bits per heavy atom. The lowest BCUT2D eigenvalue weighted by Crippen LogP contribution is -2.32. The van der Waals surface area contributed by atoms with Crippen molar-refractivity contribution in [3.8, 4) is 0 Å². The first-order valence-electron chi connectivity index (χ1n) is 7.57. The molecule has 0 spiro atoms. The first kappa shape index (κ1) is 15.0. The summed E-state index contributed by atoms with van der Waals surface area (Å²) in [7, 11) is 0. The average molecular weight is 276 g/mol. The van der Waals surface area contributed by atoms with Crippen LogP contribution in [0.15, 0.2) is 24.5 Å². The third-order valence-electron chi connectivity index (χ3n) is 4.11. The minimum absolute atomic E-state index is 0.256. The predicted molar refractivity (Wildman–Crippen MR) is 78.2 cm³/mol. The first-order valence-corrected chi connectivity index (χ1v) is 7.57. The summed E-state index contributed by atoms with van der Waals surface area (Å²) in [4.78, 5) is 18.2. The van der Waals surface area contributed by atoms with E-state index in [2.05, 4.69) is 4.98 Å². The number of aromatic nitrogens is 1. The third-order valence-corrected chi connectivity index (χ3v) is 4.11. The normalized spacial score (nSPS) is 19.6. The summed E-state index contributed by atoms with van der Waals surface area (Å²) in [6.45, 7) is 1.98. The van der Waals surface area contributed by atoms with Crippen molar-refractivity contribution >= 4 is 5.91 Å². The molecule has 2 rings (SSSR count). The standard InChI is InChI=1S/C16H24N2O2/c19-13-8-14-2-1-11-18(12-7-14)16(20)4-3-15-5-9-17-10-6-15/h5-6,9-10,14,19H,1-4,7-8,11-13H2. The van der Waals surface area contributed by atoms with Gasteiger partial charge in [0, 0.05) is 38.5 Å². The fourth-order valence-electron chi connectivity index (χ4n) is 2.84. The molecular formula is C16H24N2O2. The number of amides is 1. The van der Waals surface area contributed by atoms with Gasteiger partial charge in [-0.3, -0.25) is 9.78 Å². The van der Waals surface area contributed by atoms with Crippen molar-refractivity contribution in [3.63, 3.8) is 0 Å². The van der Waals surface area contributed by atoms with Crippen LogP contribution in [0.2, 0.25) is 0 Å². The van der Waals surface area contributed by atoms with Crippen molar-refractivity contribution in [1.82, 2.24) is 9.88 Å². The molecule has 1 aliphatic rings. The summed E-state index contributed by atoms with van der Waals surface area (Å²) in [6, 6.07) is 3.93. The zero-order valence-corrected chi connectivity index (χ0v) is 12.0. The Balaban J connectivity index is 1.77. The average Bonchev–Trinajstić information content (AvgIpc) is 2.72. The van der Waals surface area contributed by atoms with Crippen molar-refractivity contribution < 1.29 is 9.90 Å². The Hall–Kier alpha value is -1.42. The summed E-state index contributed by atoms with van der Waals surface area (Å²) in [6.07, 6.45) is 9.00. The lowest BCUT2D eigenvalue weighted by atomic mass is 9.98. The maximum Gasteiger partial charge on any atom is 0.222 e. The molecule has 1 saturated heterocycles. The Morgan fingerprint density at radius 3 is 2.85 bits per heavy atom. The Bertz CT molecular complexity index is 408. The predicted octanol–water partition coefficient (Wildman–Crippen LogP) is 2.03. The van der Waals surface area contributed by atoms with E-state index in [1.165, 1.54) is 5.56 Å². The molecule has 0 radical (unpaired) electrons. The molecule has 4 nitrogen and oxygen atoms in total. The number of hydrogen-bond acceptors (Lipinski definition) is 3. The number of carbonyl (C=O) groups excluding carboxylic acids is 1. The molecular weight excluding hydrogens is 252 g/mol. The highest BCUT2D eigenvalue weighted by Crippen LogP contribution is 2.20. The smallest absolute Gasteiger partial charge is 0.222 e. The monoisotopic (exact) mass is 276 g/mol. The van der Waals surface area contributed by atoms with Gasteiger partial charge in [0.1, 0.15) is 0 Å². The van der Waals surface area contributed by atoms with Gasteiger partial charge >= 0.3 is 0 Å². The lowest BCUT2D eigenvalue weighted by Gasteiger charge is -2.20. The summed E-state index contributed by atoms with van der Waals surface area (Å²) in [5.74, 6) is 0.837. The van der Waals surface area contributed by atoms with Crippen LogP contribution in [0.5, 0.6) is 0 Å². The van der Waals surface area contributed by atoms with E-state index in [4.69, 9.17) is 5.11 Å². The number of carbonyl (C=O) groups is 1. The van der Waals surface area contributed by atoms with Crippen LogP contribution in [0.1, 0.15) is 37.7 Å². The molecule has 110 valence electrons. The molecule has 1 unspecified atom stereocenters. The minimum Gasteiger partial charge on any atom is -0.396 e. The van der Waals surface area contributed by atoms with Crippen molar-refractivity contribution in [2.75, 3.05) is 19.7 Å². The molecule has 2 heterocycles. The fourth-order valence-corrected chi connectivity index (χ4v) is 2.84. The fraction of sp³-hybridized carbons (Fsp3) is 0.625. The number of nitrogens with zero attached hydrogens (tertiary/aromatic N) is 2. The van der Waals surface area contributed by atoms with Crippen molar-refractivity contribution in [3.05, 3.63) is 30.1 Å². The third kappa shape index (κ3) is 4.60. The highest BCUT2D eigenvalue weighted by molar-refractivity contribution is 5.76. The minimum atomic E-state index is 0.256. The number of pyridine rings is 1. The summed E-state index contributed by atoms with van der Waals surface area (Å²) in [5, 5.41) is 9.01. The number of aryl methyl sites for hydroxylation is 1. The van der Waals surface area contributed by atoms with Crippen LogP contribution in [0.3, 0.4) is 0 Å². The molecule has 1 atom stereocenters. The molecule has 0 bridgehead atoms. The topological polar surface area (TPSA) is 53.4 Å². The van der Waals surface area contributed by atoms with Gasteiger partial charge in [-0.05, 0) is 55.7 Å². The molecule has 1 amide bonds. The molecule has 1 fully saturated rings. The first-order chi connectivity index (χ1) is 9.79. The molecule has 1 aliphatic heterocycles. The SMILES string of the molecule is O=C(CCc1ccncc1)N1CCCC(CCO)CC1. The Labute approximate surface area is 120 Å². The quantitative estimate of drug-likeness (QED) is 0.895. The second-order valence-electron chi connectivity index (χ2n) is 5.55. The van der Waals surface area contributed by atoms with Gasteiger partial charge in [-0.15, -0.1) is 0 Å². The molecule has 0 aliphatic carbocycles. The van der Waals surface area contributed by atoms with Gasteiger partial charge in [0.05, 0.1) is 0 Å². The molecule has 20 heavy (non-hydrogen) atoms. The summed E-state index contributed by atoms with van der Waals surface area (Å²) < 4.78 is 0. The van der Waals surface area contributed by atoms with Gasteiger partial charge in [-0.25, -0.2) is 0 Å². The largest absolute Gasteiger partial charge is 0.396 e. The van der Waals surface area contributed by atoms with Crippen LogP contribution in [-0.4, -0.2) is 40.6 Å². The Morgan fingerprint density at radius 1 is 1.30 bits per heavy atom. The van der Waals surface area contributed by atoms with Crippen molar-refractivity contribution in [1.29, 1.82) is 0 Å². The lowest BCUT2D eigenvalue weighted by molar-refractivity contribution is -0.131. The molecule has 1 N–H and O–H groups in total. The number of likely N-dealkylation sites (tertiary alicyclic amines) is 1. The van der Waals surface area contributed by atoms with Gasteiger partial charge in [0.2, 0.25) is 5.91 Å². The number of hydrogen-bond donors (Lipinski definition) is 1. The van der Waals surface area contributed by atoms with Gasteiger partial charge in [0.15, 0.2) is 0 Å². The van der Waals surface area contributed by atoms with Gasteiger partial charge < -0.3 is 10.0 Å². The second kappa shape index (κ2) is 8.00. The maximum absolute atomic E-state index is 12.2. The number of aliphatic hydroxyl groups excluding tert-OH is 1. The molecule has 1 aromatic heterocycles. The molecule has 1 aromatic rings. The zero-order valence-electron chi connectivity index (χ0n) is 12.0. The van der Waals surface area contributed by atoms with E-state index in [0.717, 1.165) is 45.2 Å². The van der Waals surface area contributed by atoms with E-state index in [0.29, 0.717) is 12.3 Å². The van der Waals surface area contributed by atoms with E-state index < -0.39 is 0 Å². The van der Waals surface area contributed by atoms with Gasteiger partial charge in [-0.1, -0.05) is 0 Å². The van der Waals surface area contributed by atoms with Gasteiger partial charge in [0.25, 0.3) is 0 Å². The summed E-state index contributed by atoms with van der Waals surface area (Å²) >= 11 is 0. The second-order valence-corrected chi connectivity index (χ2v) is 5.55. The van der Waals surface area contributed by atoms with E-state index in [9.17, 15) is 4.79 Å². The Kier molecular flexibility index (Phi) is 5.99. The van der Waals surface area contributed by atoms with Gasteiger partial charge in [-0.2, -0.15) is 0 Å². The van der Waals surface area contributed by atoms with Crippen LogP contribution in [0.25, 0.3) is 0 Å². The number of aliphatic hydroxyl groups is 1. The van der Waals surface area contributed by atoms with Crippen LogP contribution >= 0.6 is 0 Å². The molecule has 4 heteroatoms. The van der Waals surface area contributed by atoms with Crippen LogP contribution in [0.4, 0.5) is 0 Å². The van der Waals surface area contributed by atoms with Crippen molar-refractivity contribution in [2.24, 2.45) is 5.92 Å². The van der Waals surface area contributed by atoms with E-state index in [1.54, 1.807) is 12.4 Å². The van der Waals surface area contributed by atoms with Crippen LogP contribution in [-0.2, 0) is 11.2 Å². The van der Waals surface area contributed by atoms with E-state index >= 15 is 0 Å². The maximum atomic E-state index is 12.2. The summed E-state index contributed by atoms with van der Waals surface area (Å²) in [5.41, 5.74) is 1.17. The van der Waals surface area contributed by atoms with E-state index in [-0.39, 0.29) is 12.5 Å². The van der Waals surface area contributed by atoms with E-state index in [1.807, 2.05) is 17.0 Å². The highest BCUT2D eigenvalue weighted by Gasteiger charge is 2.19.